The van der Waals surface area contributed by atoms with E-state index in [1.807, 2.05) is 36.4 Å². The van der Waals surface area contributed by atoms with E-state index in [9.17, 15) is 9.59 Å². The monoisotopic (exact) mass is 452 g/mol. The van der Waals surface area contributed by atoms with Gasteiger partial charge in [-0.1, -0.05) is 23.9 Å². The summed E-state index contributed by atoms with van der Waals surface area (Å²) < 4.78 is 17.2. The molecule has 2 amide bonds. The van der Waals surface area contributed by atoms with Crippen molar-refractivity contribution in [3.8, 4) is 11.5 Å². The molecule has 3 aromatic rings. The highest BCUT2D eigenvalue weighted by Crippen LogP contribution is 2.36. The summed E-state index contributed by atoms with van der Waals surface area (Å²) in [5.41, 5.74) is 1.50. The normalized spacial score (nSPS) is 17.4. The molecule has 0 saturated carbocycles. The van der Waals surface area contributed by atoms with Gasteiger partial charge in [0, 0.05) is 24.3 Å². The molecular formula is C22H20N4O5S. The van der Waals surface area contributed by atoms with Gasteiger partial charge >= 0.3 is 0 Å². The fourth-order valence-corrected chi connectivity index (χ4v) is 4.09. The predicted molar refractivity (Wildman–Crippen MR) is 117 cm³/mol. The van der Waals surface area contributed by atoms with Gasteiger partial charge in [-0.2, -0.15) is 0 Å². The van der Waals surface area contributed by atoms with Gasteiger partial charge in [0.2, 0.25) is 17.9 Å². The topological polar surface area (TPSA) is 107 Å². The molecule has 1 N–H and O–H groups in total. The van der Waals surface area contributed by atoms with Crippen molar-refractivity contribution in [2.24, 2.45) is 0 Å². The first-order chi connectivity index (χ1) is 15.7. The van der Waals surface area contributed by atoms with Gasteiger partial charge in [-0.3, -0.25) is 9.59 Å². The van der Waals surface area contributed by atoms with Crippen LogP contribution in [0.5, 0.6) is 11.5 Å². The second-order valence-corrected chi connectivity index (χ2v) is 8.23. The maximum absolute atomic E-state index is 12.3. The number of nitrogens with zero attached hydrogens (tertiary/aromatic N) is 3. The number of thioether (sulfide) groups is 1. The van der Waals surface area contributed by atoms with E-state index in [4.69, 9.17) is 13.9 Å². The number of benzene rings is 2. The number of carbonyl (C=O) groups excluding carboxylic acids is 2. The Morgan fingerprint density at radius 1 is 1.12 bits per heavy atom. The Kier molecular flexibility index (Phi) is 5.68. The van der Waals surface area contributed by atoms with Crippen molar-refractivity contribution in [3.05, 3.63) is 54.4 Å². The minimum Gasteiger partial charge on any atom is -0.485 e. The fraction of sp³-hybridized carbons (Fsp3) is 0.273. The van der Waals surface area contributed by atoms with Gasteiger partial charge in [-0.05, 0) is 42.8 Å². The standard InChI is InChI=1S/C22H20N4O5S/c27-19(23-14-7-9-15(10-8-14)26-11-3-6-20(26)28)13-32-22-25-24-21(31-22)18-12-29-16-4-1-2-5-17(16)30-18/h1-2,4-5,7-10,18H,3,6,11-13H2,(H,23,27)/t18-/m0/s1. The molecule has 0 unspecified atom stereocenters. The third-order valence-electron chi connectivity index (χ3n) is 5.07. The van der Waals surface area contributed by atoms with Crippen molar-refractivity contribution in [1.82, 2.24) is 10.2 Å². The van der Waals surface area contributed by atoms with Crippen LogP contribution in [0.4, 0.5) is 11.4 Å². The number of carbonyl (C=O) groups is 2. The fourth-order valence-electron chi connectivity index (χ4n) is 3.52. The summed E-state index contributed by atoms with van der Waals surface area (Å²) in [4.78, 5) is 25.9. The van der Waals surface area contributed by atoms with Gasteiger partial charge in [0.25, 0.3) is 11.1 Å². The Bertz CT molecular complexity index is 1130. The Morgan fingerprint density at radius 2 is 1.94 bits per heavy atom. The second kappa shape index (κ2) is 8.91. The molecule has 9 nitrogen and oxygen atoms in total. The summed E-state index contributed by atoms with van der Waals surface area (Å²) in [5.74, 6) is 1.64. The van der Waals surface area contributed by atoms with Crippen molar-refractivity contribution >= 4 is 35.0 Å². The molecule has 1 atom stereocenters. The zero-order chi connectivity index (χ0) is 21.9. The van der Waals surface area contributed by atoms with E-state index < -0.39 is 6.10 Å². The molecule has 5 rings (SSSR count). The van der Waals surface area contributed by atoms with E-state index in [1.165, 1.54) is 0 Å². The van der Waals surface area contributed by atoms with Crippen molar-refractivity contribution < 1.29 is 23.5 Å². The lowest BCUT2D eigenvalue weighted by molar-refractivity contribution is -0.117. The Hall–Kier alpha value is -3.53. The van der Waals surface area contributed by atoms with E-state index in [1.54, 1.807) is 17.0 Å². The second-order valence-electron chi connectivity index (χ2n) is 7.30. The van der Waals surface area contributed by atoms with Crippen LogP contribution >= 0.6 is 11.8 Å². The van der Waals surface area contributed by atoms with Gasteiger partial charge in [-0.15, -0.1) is 10.2 Å². The molecule has 0 radical (unpaired) electrons. The van der Waals surface area contributed by atoms with Crippen LogP contribution in [0.1, 0.15) is 24.8 Å². The zero-order valence-corrected chi connectivity index (χ0v) is 17.8. The minimum absolute atomic E-state index is 0.110. The predicted octanol–water partition coefficient (Wildman–Crippen LogP) is 3.44. The number of amides is 2. The largest absolute Gasteiger partial charge is 0.485 e. The van der Waals surface area contributed by atoms with E-state index in [-0.39, 0.29) is 29.4 Å². The van der Waals surface area contributed by atoms with Crippen molar-refractivity contribution in [2.45, 2.75) is 24.2 Å². The molecule has 1 fully saturated rings. The van der Waals surface area contributed by atoms with Crippen LogP contribution in [-0.2, 0) is 9.59 Å². The van der Waals surface area contributed by atoms with Crippen LogP contribution in [0, 0.1) is 0 Å². The molecule has 32 heavy (non-hydrogen) atoms. The summed E-state index contributed by atoms with van der Waals surface area (Å²) in [7, 11) is 0. The SMILES string of the molecule is O=C(CSc1nnc([C@@H]2COc3ccccc3O2)o1)Nc1ccc(N2CCCC2=O)cc1. The first kappa shape index (κ1) is 20.4. The molecular weight excluding hydrogens is 432 g/mol. The third-order valence-corrected chi connectivity index (χ3v) is 5.89. The van der Waals surface area contributed by atoms with Gasteiger partial charge in [0.15, 0.2) is 11.5 Å². The maximum atomic E-state index is 12.3. The third kappa shape index (κ3) is 4.40. The van der Waals surface area contributed by atoms with Crippen LogP contribution in [0.2, 0.25) is 0 Å². The van der Waals surface area contributed by atoms with E-state index >= 15 is 0 Å². The lowest BCUT2D eigenvalue weighted by Crippen LogP contribution is -2.23. The van der Waals surface area contributed by atoms with Crippen LogP contribution in [-0.4, -0.2) is 40.9 Å². The average molecular weight is 452 g/mol. The Balaban J connectivity index is 1.13. The van der Waals surface area contributed by atoms with Crippen LogP contribution in [0.3, 0.4) is 0 Å². The minimum atomic E-state index is -0.499. The molecule has 0 spiro atoms. The van der Waals surface area contributed by atoms with E-state index in [0.717, 1.165) is 30.4 Å². The number of anilines is 2. The van der Waals surface area contributed by atoms with Gasteiger partial charge in [-0.25, -0.2) is 0 Å². The molecule has 164 valence electrons. The lowest BCUT2D eigenvalue weighted by Gasteiger charge is -2.23. The number of aromatic nitrogens is 2. The summed E-state index contributed by atoms with van der Waals surface area (Å²) in [6.45, 7) is 1.00. The van der Waals surface area contributed by atoms with Crippen molar-refractivity contribution in [3.63, 3.8) is 0 Å². The lowest BCUT2D eigenvalue weighted by atomic mass is 10.2. The highest BCUT2D eigenvalue weighted by atomic mass is 32.2. The van der Waals surface area contributed by atoms with Crippen molar-refractivity contribution in [2.75, 3.05) is 29.1 Å². The molecule has 0 aliphatic carbocycles. The summed E-state index contributed by atoms with van der Waals surface area (Å²) in [6, 6.07) is 14.6. The summed E-state index contributed by atoms with van der Waals surface area (Å²) in [5, 5.41) is 11.1. The average Bonchev–Trinajstić information content (AvgIpc) is 3.47. The first-order valence-corrected chi connectivity index (χ1v) is 11.2. The summed E-state index contributed by atoms with van der Waals surface area (Å²) >= 11 is 1.14. The number of hydrogen-bond donors (Lipinski definition) is 1. The van der Waals surface area contributed by atoms with E-state index in [0.29, 0.717) is 29.5 Å². The van der Waals surface area contributed by atoms with Crippen LogP contribution in [0.15, 0.2) is 58.2 Å². The molecule has 2 aromatic carbocycles. The van der Waals surface area contributed by atoms with Crippen molar-refractivity contribution in [1.29, 1.82) is 0 Å². The first-order valence-electron chi connectivity index (χ1n) is 10.2. The van der Waals surface area contributed by atoms with E-state index in [2.05, 4.69) is 15.5 Å². The highest BCUT2D eigenvalue weighted by molar-refractivity contribution is 7.99. The van der Waals surface area contributed by atoms with Gasteiger partial charge in [0.1, 0.15) is 6.61 Å². The van der Waals surface area contributed by atoms with Gasteiger partial charge < -0.3 is 24.1 Å². The number of nitrogens with one attached hydrogen (secondary N) is 1. The van der Waals surface area contributed by atoms with Gasteiger partial charge in [0.05, 0.1) is 5.75 Å². The number of para-hydroxylation sites is 2. The molecule has 10 heteroatoms. The van der Waals surface area contributed by atoms with Crippen LogP contribution in [0.25, 0.3) is 0 Å². The molecule has 2 aliphatic heterocycles. The summed E-state index contributed by atoms with van der Waals surface area (Å²) in [6.07, 6.45) is 0.959. The molecule has 1 saturated heterocycles. The number of ether oxygens (including phenoxy) is 2. The molecule has 3 heterocycles. The molecule has 0 bridgehead atoms. The number of rotatable bonds is 6. The molecule has 1 aromatic heterocycles. The van der Waals surface area contributed by atoms with Crippen LogP contribution < -0.4 is 19.7 Å². The Labute approximate surface area is 188 Å². The number of fused-ring (bicyclic) bond motifs is 1. The molecule has 2 aliphatic rings. The highest BCUT2D eigenvalue weighted by Gasteiger charge is 2.27. The maximum Gasteiger partial charge on any atom is 0.277 e. The quantitative estimate of drug-likeness (QED) is 0.567. The number of hydrogen-bond acceptors (Lipinski definition) is 8. The Morgan fingerprint density at radius 3 is 2.72 bits per heavy atom. The zero-order valence-electron chi connectivity index (χ0n) is 17.0. The smallest absolute Gasteiger partial charge is 0.277 e.